The highest BCUT2D eigenvalue weighted by Crippen LogP contribution is 2.20. The summed E-state index contributed by atoms with van der Waals surface area (Å²) in [6.07, 6.45) is 1.44. The van der Waals surface area contributed by atoms with Crippen LogP contribution in [0.4, 0.5) is 13.2 Å². The van der Waals surface area contributed by atoms with Gasteiger partial charge in [0.15, 0.2) is 0 Å². The maximum Gasteiger partial charge on any atom is 0.405 e. The number of nitrogens with one attached hydrogen (secondary N) is 1. The molecule has 0 spiro atoms. The van der Waals surface area contributed by atoms with Crippen molar-refractivity contribution in [3.05, 3.63) is 12.2 Å². The number of halogens is 3. The van der Waals surface area contributed by atoms with E-state index in [9.17, 15) is 18.0 Å². The molecule has 1 N–H and O–H groups in total. The summed E-state index contributed by atoms with van der Waals surface area (Å²) in [4.78, 5) is 11.0. The lowest BCUT2D eigenvalue weighted by molar-refractivity contribution is -0.138. The van der Waals surface area contributed by atoms with Gasteiger partial charge in [0.25, 0.3) is 0 Å². The quantitative estimate of drug-likeness (QED) is 0.705. The molecule has 80 valence electrons. The molecule has 0 saturated carbocycles. The first-order valence-corrected chi connectivity index (χ1v) is 4.47. The molecule has 0 fully saturated rings. The molecule has 0 radical (unpaired) electrons. The van der Waals surface area contributed by atoms with Crippen LogP contribution in [0.2, 0.25) is 0 Å². The van der Waals surface area contributed by atoms with Crippen LogP contribution < -0.4 is 5.32 Å². The van der Waals surface area contributed by atoms with Gasteiger partial charge in [-0.2, -0.15) is 13.2 Å². The predicted molar refractivity (Wildman–Crippen MR) is 45.5 cm³/mol. The Morgan fingerprint density at radius 1 is 1.50 bits per heavy atom. The topological polar surface area (TPSA) is 29.1 Å². The van der Waals surface area contributed by atoms with Gasteiger partial charge < -0.3 is 5.32 Å². The van der Waals surface area contributed by atoms with E-state index in [1.54, 1.807) is 0 Å². The normalized spacial score (nSPS) is 21.2. The Bertz CT molecular complexity index is 235. The number of amides is 1. The highest BCUT2D eigenvalue weighted by molar-refractivity contribution is 5.76. The van der Waals surface area contributed by atoms with Crippen molar-refractivity contribution >= 4 is 5.91 Å². The van der Waals surface area contributed by atoms with Crippen LogP contribution in [0, 0.1) is 5.92 Å². The minimum absolute atomic E-state index is 0.114. The van der Waals surface area contributed by atoms with Crippen LogP contribution >= 0.6 is 0 Å². The van der Waals surface area contributed by atoms with E-state index >= 15 is 0 Å². The SMILES string of the molecule is O=C(CC1C=CCC1)NCC(F)(F)F. The van der Waals surface area contributed by atoms with Crippen molar-refractivity contribution in [1.29, 1.82) is 0 Å². The molecule has 0 bridgehead atoms. The van der Waals surface area contributed by atoms with Gasteiger partial charge >= 0.3 is 6.18 Å². The number of hydrogen-bond donors (Lipinski definition) is 1. The second kappa shape index (κ2) is 4.48. The van der Waals surface area contributed by atoms with Gasteiger partial charge in [-0.25, -0.2) is 0 Å². The maximum absolute atomic E-state index is 11.7. The zero-order valence-corrected chi connectivity index (χ0v) is 7.60. The van der Waals surface area contributed by atoms with Crippen molar-refractivity contribution < 1.29 is 18.0 Å². The first-order valence-electron chi connectivity index (χ1n) is 4.47. The first kappa shape index (κ1) is 11.1. The van der Waals surface area contributed by atoms with Crippen molar-refractivity contribution in [2.24, 2.45) is 5.92 Å². The lowest BCUT2D eigenvalue weighted by Gasteiger charge is -2.10. The zero-order chi connectivity index (χ0) is 10.6. The second-order valence-corrected chi connectivity index (χ2v) is 3.36. The molecule has 0 heterocycles. The predicted octanol–water partition coefficient (Wildman–Crippen LogP) is 2.02. The van der Waals surface area contributed by atoms with Crippen molar-refractivity contribution in [2.75, 3.05) is 6.54 Å². The molecule has 1 amide bonds. The van der Waals surface area contributed by atoms with E-state index in [0.717, 1.165) is 12.8 Å². The first-order chi connectivity index (χ1) is 6.47. The largest absolute Gasteiger partial charge is 0.405 e. The lowest BCUT2D eigenvalue weighted by atomic mass is 10.1. The molecule has 0 aliphatic heterocycles. The molecule has 1 unspecified atom stereocenters. The molecule has 1 aliphatic rings. The Morgan fingerprint density at radius 3 is 2.71 bits per heavy atom. The van der Waals surface area contributed by atoms with Gasteiger partial charge in [-0.05, 0) is 18.8 Å². The summed E-state index contributed by atoms with van der Waals surface area (Å²) in [6.45, 7) is -1.23. The van der Waals surface area contributed by atoms with Crippen LogP contribution in [0.1, 0.15) is 19.3 Å². The lowest BCUT2D eigenvalue weighted by Crippen LogP contribution is -2.34. The Balaban J connectivity index is 2.19. The van der Waals surface area contributed by atoms with Crippen molar-refractivity contribution in [3.8, 4) is 0 Å². The van der Waals surface area contributed by atoms with Gasteiger partial charge in [-0.1, -0.05) is 12.2 Å². The molecule has 14 heavy (non-hydrogen) atoms. The minimum atomic E-state index is -4.32. The molecule has 0 aromatic heterocycles. The van der Waals surface area contributed by atoms with Crippen molar-refractivity contribution in [3.63, 3.8) is 0 Å². The number of alkyl halides is 3. The van der Waals surface area contributed by atoms with Gasteiger partial charge in [0.2, 0.25) is 5.91 Å². The zero-order valence-electron chi connectivity index (χ0n) is 7.60. The average molecular weight is 207 g/mol. The third-order valence-electron chi connectivity index (χ3n) is 2.05. The van der Waals surface area contributed by atoms with Crippen LogP contribution in [0.25, 0.3) is 0 Å². The number of carbonyl (C=O) groups is 1. The Hall–Kier alpha value is -1.00. The second-order valence-electron chi connectivity index (χ2n) is 3.36. The number of carbonyl (C=O) groups excluding carboxylic acids is 1. The smallest absolute Gasteiger partial charge is 0.347 e. The fourth-order valence-corrected chi connectivity index (χ4v) is 1.37. The summed E-state index contributed by atoms with van der Waals surface area (Å²) in [6, 6.07) is 0. The summed E-state index contributed by atoms with van der Waals surface area (Å²) in [7, 11) is 0. The third-order valence-corrected chi connectivity index (χ3v) is 2.05. The number of allylic oxidation sites excluding steroid dienone is 2. The third kappa shape index (κ3) is 4.30. The molecular weight excluding hydrogens is 195 g/mol. The summed E-state index contributed by atoms with van der Waals surface area (Å²) < 4.78 is 35.1. The van der Waals surface area contributed by atoms with Gasteiger partial charge in [0.1, 0.15) is 6.54 Å². The summed E-state index contributed by atoms with van der Waals surface area (Å²) in [5, 5.41) is 1.85. The van der Waals surface area contributed by atoms with E-state index in [1.165, 1.54) is 0 Å². The molecule has 0 aromatic rings. The van der Waals surface area contributed by atoms with Gasteiger partial charge in [-0.15, -0.1) is 0 Å². The van der Waals surface area contributed by atoms with Crippen molar-refractivity contribution in [2.45, 2.75) is 25.4 Å². The van der Waals surface area contributed by atoms with E-state index in [0.29, 0.717) is 0 Å². The van der Waals surface area contributed by atoms with E-state index in [1.807, 2.05) is 17.5 Å². The molecule has 0 aromatic carbocycles. The van der Waals surface area contributed by atoms with Crippen LogP contribution in [-0.4, -0.2) is 18.6 Å². The molecular formula is C9H12F3NO. The fourth-order valence-electron chi connectivity index (χ4n) is 1.37. The Labute approximate surface area is 80.2 Å². The summed E-state index contributed by atoms with van der Waals surface area (Å²) in [5.41, 5.74) is 0. The van der Waals surface area contributed by atoms with Crippen LogP contribution in [-0.2, 0) is 4.79 Å². The summed E-state index contributed by atoms with van der Waals surface area (Å²) >= 11 is 0. The van der Waals surface area contributed by atoms with Crippen LogP contribution in [0.5, 0.6) is 0 Å². The standard InChI is InChI=1S/C9H12F3NO/c10-9(11,12)6-13-8(14)5-7-3-1-2-4-7/h1,3,7H,2,4-6H2,(H,13,14). The van der Waals surface area contributed by atoms with Gasteiger partial charge in [0, 0.05) is 6.42 Å². The molecule has 1 rings (SSSR count). The van der Waals surface area contributed by atoms with Crippen LogP contribution in [0.3, 0.4) is 0 Å². The van der Waals surface area contributed by atoms with E-state index in [-0.39, 0.29) is 12.3 Å². The summed E-state index contributed by atoms with van der Waals surface area (Å²) in [5.74, 6) is -0.415. The van der Waals surface area contributed by atoms with Gasteiger partial charge in [0.05, 0.1) is 0 Å². The molecule has 5 heteroatoms. The minimum Gasteiger partial charge on any atom is -0.347 e. The monoisotopic (exact) mass is 207 g/mol. The Kier molecular flexibility index (Phi) is 3.55. The van der Waals surface area contributed by atoms with E-state index in [2.05, 4.69) is 0 Å². The van der Waals surface area contributed by atoms with Crippen LogP contribution in [0.15, 0.2) is 12.2 Å². The Morgan fingerprint density at radius 2 is 2.21 bits per heavy atom. The average Bonchev–Trinajstić information content (AvgIpc) is 2.52. The maximum atomic E-state index is 11.7. The molecule has 1 aliphatic carbocycles. The molecule has 1 atom stereocenters. The van der Waals surface area contributed by atoms with Crippen molar-refractivity contribution in [1.82, 2.24) is 5.32 Å². The molecule has 2 nitrogen and oxygen atoms in total. The molecule has 0 saturated heterocycles. The number of rotatable bonds is 3. The van der Waals surface area contributed by atoms with Gasteiger partial charge in [-0.3, -0.25) is 4.79 Å². The van der Waals surface area contributed by atoms with E-state index in [4.69, 9.17) is 0 Å². The number of hydrogen-bond acceptors (Lipinski definition) is 1. The highest BCUT2D eigenvalue weighted by Gasteiger charge is 2.28. The van der Waals surface area contributed by atoms with E-state index < -0.39 is 18.6 Å². The fraction of sp³-hybridized carbons (Fsp3) is 0.667. The highest BCUT2D eigenvalue weighted by atomic mass is 19.4.